The van der Waals surface area contributed by atoms with E-state index in [0.29, 0.717) is 25.4 Å². The number of rotatable bonds is 4. The zero-order chi connectivity index (χ0) is 8.97. The van der Waals surface area contributed by atoms with E-state index in [1.165, 1.54) is 0 Å². The van der Waals surface area contributed by atoms with Crippen LogP contribution in [0.4, 0.5) is 0 Å². The lowest BCUT2D eigenvalue weighted by molar-refractivity contribution is -0.133. The Bertz CT molecular complexity index is 193. The zero-order valence-electron chi connectivity index (χ0n) is 6.95. The predicted molar refractivity (Wildman–Crippen MR) is 42.0 cm³/mol. The Hall–Kier alpha value is -0.870. The third-order valence-electron chi connectivity index (χ3n) is 1.67. The molecule has 0 bridgehead atoms. The quantitative estimate of drug-likeness (QED) is 0.625. The van der Waals surface area contributed by atoms with E-state index in [0.717, 1.165) is 0 Å². The Morgan fingerprint density at radius 2 is 2.42 bits per heavy atom. The number of carboxylic acid groups (broad SMARTS) is 1. The van der Waals surface area contributed by atoms with Gasteiger partial charge in [0.15, 0.2) is 0 Å². The summed E-state index contributed by atoms with van der Waals surface area (Å²) in [4.78, 5) is 10.3. The van der Waals surface area contributed by atoms with Gasteiger partial charge < -0.3 is 14.6 Å². The molecule has 68 valence electrons. The lowest BCUT2D eigenvalue weighted by Crippen LogP contribution is -2.36. The van der Waals surface area contributed by atoms with Crippen LogP contribution in [-0.2, 0) is 14.3 Å². The van der Waals surface area contributed by atoms with Crippen LogP contribution in [-0.4, -0.2) is 37.0 Å². The molecule has 1 rings (SSSR count). The number of carbonyl (C=O) groups is 1. The molecule has 1 fully saturated rings. The number of ether oxygens (including phenoxy) is 2. The van der Waals surface area contributed by atoms with Gasteiger partial charge in [-0.15, -0.1) is 0 Å². The van der Waals surface area contributed by atoms with Crippen molar-refractivity contribution in [1.29, 1.82) is 0 Å². The second-order valence-corrected chi connectivity index (χ2v) is 2.69. The van der Waals surface area contributed by atoms with Gasteiger partial charge in [0.25, 0.3) is 0 Å². The molecule has 4 heteroatoms. The van der Waals surface area contributed by atoms with Crippen molar-refractivity contribution in [2.75, 3.05) is 19.8 Å². The third-order valence-corrected chi connectivity index (χ3v) is 1.67. The zero-order valence-corrected chi connectivity index (χ0v) is 6.95. The fraction of sp³-hybridized carbons (Fsp3) is 0.625. The van der Waals surface area contributed by atoms with Gasteiger partial charge in [0, 0.05) is 5.57 Å². The normalized spacial score (nSPS) is 18.9. The molecule has 0 saturated carbocycles. The van der Waals surface area contributed by atoms with Crippen LogP contribution in [0, 0.1) is 0 Å². The first-order chi connectivity index (χ1) is 5.70. The SMILES string of the molecule is CC(=CCOC1COC1)C(=O)O. The first-order valence-corrected chi connectivity index (χ1v) is 3.79. The predicted octanol–water partition coefficient (Wildman–Crippen LogP) is 0.433. The van der Waals surface area contributed by atoms with Gasteiger partial charge in [0.05, 0.1) is 19.8 Å². The molecule has 1 heterocycles. The highest BCUT2D eigenvalue weighted by Gasteiger charge is 2.17. The summed E-state index contributed by atoms with van der Waals surface area (Å²) in [5.74, 6) is -0.900. The number of hydrogen-bond acceptors (Lipinski definition) is 3. The Morgan fingerprint density at radius 3 is 2.83 bits per heavy atom. The van der Waals surface area contributed by atoms with Gasteiger partial charge >= 0.3 is 5.97 Å². The van der Waals surface area contributed by atoms with Crippen LogP contribution >= 0.6 is 0 Å². The third kappa shape index (κ3) is 2.64. The smallest absolute Gasteiger partial charge is 0.331 e. The van der Waals surface area contributed by atoms with Crippen molar-refractivity contribution in [3.8, 4) is 0 Å². The van der Waals surface area contributed by atoms with E-state index < -0.39 is 5.97 Å². The molecule has 1 aliphatic heterocycles. The van der Waals surface area contributed by atoms with Crippen LogP contribution in [0.1, 0.15) is 6.92 Å². The van der Waals surface area contributed by atoms with E-state index in [4.69, 9.17) is 14.6 Å². The number of hydrogen-bond donors (Lipinski definition) is 1. The van der Waals surface area contributed by atoms with Gasteiger partial charge in [-0.2, -0.15) is 0 Å². The van der Waals surface area contributed by atoms with Gasteiger partial charge in [0.1, 0.15) is 6.10 Å². The van der Waals surface area contributed by atoms with Gasteiger partial charge in [-0.1, -0.05) is 0 Å². The number of carboxylic acids is 1. The highest BCUT2D eigenvalue weighted by molar-refractivity contribution is 5.85. The van der Waals surface area contributed by atoms with Crippen LogP contribution in [0.3, 0.4) is 0 Å². The molecular weight excluding hydrogens is 160 g/mol. The molecule has 0 aromatic heterocycles. The summed E-state index contributed by atoms with van der Waals surface area (Å²) in [6, 6.07) is 0. The first-order valence-electron chi connectivity index (χ1n) is 3.79. The van der Waals surface area contributed by atoms with E-state index in [9.17, 15) is 4.79 Å². The topological polar surface area (TPSA) is 55.8 Å². The lowest BCUT2D eigenvalue weighted by atomic mass is 10.3. The van der Waals surface area contributed by atoms with Crippen LogP contribution in [0.25, 0.3) is 0 Å². The van der Waals surface area contributed by atoms with E-state index in [1.54, 1.807) is 13.0 Å². The summed E-state index contributed by atoms with van der Waals surface area (Å²) in [6.45, 7) is 3.15. The summed E-state index contributed by atoms with van der Waals surface area (Å²) >= 11 is 0. The van der Waals surface area contributed by atoms with Gasteiger partial charge in [-0.3, -0.25) is 0 Å². The molecule has 0 spiro atoms. The largest absolute Gasteiger partial charge is 0.478 e. The molecule has 12 heavy (non-hydrogen) atoms. The maximum absolute atomic E-state index is 10.3. The summed E-state index contributed by atoms with van der Waals surface area (Å²) in [5, 5.41) is 8.47. The van der Waals surface area contributed by atoms with Crippen LogP contribution in [0.5, 0.6) is 0 Å². The molecule has 0 atom stereocenters. The monoisotopic (exact) mass is 172 g/mol. The molecule has 4 nitrogen and oxygen atoms in total. The highest BCUT2D eigenvalue weighted by atomic mass is 16.6. The van der Waals surface area contributed by atoms with E-state index in [-0.39, 0.29) is 6.10 Å². The van der Waals surface area contributed by atoms with Crippen LogP contribution < -0.4 is 0 Å². The standard InChI is InChI=1S/C8H12O4/c1-6(8(9)10)2-3-12-7-4-11-5-7/h2,7H,3-5H2,1H3,(H,9,10). The fourth-order valence-electron chi connectivity index (χ4n) is 0.707. The van der Waals surface area contributed by atoms with Crippen molar-refractivity contribution < 1.29 is 19.4 Å². The Labute approximate surface area is 70.8 Å². The van der Waals surface area contributed by atoms with Crippen molar-refractivity contribution >= 4 is 5.97 Å². The lowest BCUT2D eigenvalue weighted by Gasteiger charge is -2.25. The van der Waals surface area contributed by atoms with Crippen LogP contribution in [0.15, 0.2) is 11.6 Å². The summed E-state index contributed by atoms with van der Waals surface area (Å²) in [5.41, 5.74) is 0.315. The van der Waals surface area contributed by atoms with Gasteiger partial charge in [-0.25, -0.2) is 4.79 Å². The van der Waals surface area contributed by atoms with Gasteiger partial charge in [0.2, 0.25) is 0 Å². The molecule has 0 radical (unpaired) electrons. The van der Waals surface area contributed by atoms with Crippen molar-refractivity contribution in [1.82, 2.24) is 0 Å². The molecule has 0 aliphatic carbocycles. The summed E-state index contributed by atoms with van der Waals surface area (Å²) < 4.78 is 10.1. The highest BCUT2D eigenvalue weighted by Crippen LogP contribution is 2.05. The maximum Gasteiger partial charge on any atom is 0.331 e. The van der Waals surface area contributed by atoms with Crippen molar-refractivity contribution in [2.45, 2.75) is 13.0 Å². The molecule has 0 aromatic carbocycles. The van der Waals surface area contributed by atoms with Gasteiger partial charge in [-0.05, 0) is 13.0 Å². The maximum atomic E-state index is 10.3. The second-order valence-electron chi connectivity index (χ2n) is 2.69. The first kappa shape index (κ1) is 9.22. The Balaban J connectivity index is 2.14. The second kappa shape index (κ2) is 4.23. The summed E-state index contributed by atoms with van der Waals surface area (Å²) in [7, 11) is 0. The molecule has 0 amide bonds. The van der Waals surface area contributed by atoms with Crippen molar-refractivity contribution in [3.05, 3.63) is 11.6 Å². The minimum absolute atomic E-state index is 0.155. The van der Waals surface area contributed by atoms with Crippen molar-refractivity contribution in [2.24, 2.45) is 0 Å². The minimum atomic E-state index is -0.900. The molecule has 0 aromatic rings. The van der Waals surface area contributed by atoms with Crippen molar-refractivity contribution in [3.63, 3.8) is 0 Å². The fourth-order valence-corrected chi connectivity index (χ4v) is 0.707. The molecule has 0 unspecified atom stereocenters. The van der Waals surface area contributed by atoms with E-state index in [1.807, 2.05) is 0 Å². The molecular formula is C8H12O4. The van der Waals surface area contributed by atoms with E-state index in [2.05, 4.69) is 0 Å². The Kier molecular flexibility index (Phi) is 3.25. The number of aliphatic carboxylic acids is 1. The van der Waals surface area contributed by atoms with Crippen LogP contribution in [0.2, 0.25) is 0 Å². The Morgan fingerprint density at radius 1 is 1.75 bits per heavy atom. The van der Waals surface area contributed by atoms with E-state index >= 15 is 0 Å². The molecule has 1 N–H and O–H groups in total. The summed E-state index contributed by atoms with van der Waals surface area (Å²) in [6.07, 6.45) is 1.71. The minimum Gasteiger partial charge on any atom is -0.478 e. The average molecular weight is 172 g/mol. The molecule has 1 saturated heterocycles. The molecule has 1 aliphatic rings. The average Bonchev–Trinajstić information content (AvgIpc) is 1.93.